The molecule has 2 aromatic rings. The number of phenolic OH excluding ortho intramolecular Hbond substituents is 1. The summed E-state index contributed by atoms with van der Waals surface area (Å²) in [6.07, 6.45) is -4.61. The minimum atomic E-state index is -4.61. The van der Waals surface area contributed by atoms with Crippen LogP contribution in [0.4, 0.5) is 24.7 Å². The molecule has 4 N–H and O–H groups in total. The molecule has 1 heterocycles. The molecule has 0 atom stereocenters. The van der Waals surface area contributed by atoms with Crippen LogP contribution in [0.3, 0.4) is 0 Å². The first-order valence-corrected chi connectivity index (χ1v) is 5.08. The lowest BCUT2D eigenvalue weighted by Gasteiger charge is -2.10. The van der Waals surface area contributed by atoms with Crippen LogP contribution in [0.5, 0.6) is 5.75 Å². The maximum absolute atomic E-state index is 12.5. The van der Waals surface area contributed by atoms with Gasteiger partial charge in [0.1, 0.15) is 5.75 Å². The molecule has 2 rings (SSSR count). The molecule has 1 aromatic carbocycles. The molecule has 0 bridgehead atoms. The van der Waals surface area contributed by atoms with Crippen molar-refractivity contribution < 1.29 is 27.7 Å². The maximum Gasteiger partial charge on any atom is 0.416 e. The number of hydrogen-bond donors (Lipinski definition) is 3. The Kier molecular flexibility index (Phi) is 3.22. The number of carbonyl (C=O) groups is 1. The predicted octanol–water partition coefficient (Wildman–Crippen LogP) is 1.63. The highest BCUT2D eigenvalue weighted by Gasteiger charge is 2.31. The van der Waals surface area contributed by atoms with Gasteiger partial charge in [0.2, 0.25) is 11.5 Å². The van der Waals surface area contributed by atoms with E-state index in [9.17, 15) is 23.1 Å². The number of hydrogen-bond acceptors (Lipinski definition) is 6. The van der Waals surface area contributed by atoms with E-state index in [1.807, 2.05) is 5.32 Å². The second-order valence-electron chi connectivity index (χ2n) is 3.68. The van der Waals surface area contributed by atoms with Crippen molar-refractivity contribution in [1.29, 1.82) is 0 Å². The molecule has 0 radical (unpaired) electrons. The number of benzene rings is 1. The smallest absolute Gasteiger partial charge is 0.416 e. The number of phenols is 1. The number of alkyl halides is 3. The number of aromatic nitrogens is 2. The maximum atomic E-state index is 12.5. The topological polar surface area (TPSA) is 114 Å². The first-order chi connectivity index (χ1) is 9.29. The molecule has 0 fully saturated rings. The summed E-state index contributed by atoms with van der Waals surface area (Å²) >= 11 is 0. The molecular formula is C10H7F3N4O3. The SMILES string of the molecule is Nc1nonc1C(=O)Nc1cc(C(F)(F)F)ccc1O. The van der Waals surface area contributed by atoms with Gasteiger partial charge in [0.05, 0.1) is 11.3 Å². The van der Waals surface area contributed by atoms with Crippen LogP contribution in [0, 0.1) is 0 Å². The zero-order valence-corrected chi connectivity index (χ0v) is 9.60. The fourth-order valence-corrected chi connectivity index (χ4v) is 1.35. The minimum absolute atomic E-state index is 0.325. The molecule has 0 unspecified atom stereocenters. The minimum Gasteiger partial charge on any atom is -0.506 e. The van der Waals surface area contributed by atoms with E-state index in [0.29, 0.717) is 12.1 Å². The van der Waals surface area contributed by atoms with Gasteiger partial charge < -0.3 is 16.2 Å². The Labute approximate surface area is 109 Å². The highest BCUT2D eigenvalue weighted by molar-refractivity contribution is 6.06. The number of nitrogens with two attached hydrogens (primary N) is 1. The first kappa shape index (κ1) is 13.6. The van der Waals surface area contributed by atoms with E-state index in [0.717, 1.165) is 6.07 Å². The van der Waals surface area contributed by atoms with Crippen molar-refractivity contribution in [2.24, 2.45) is 0 Å². The van der Waals surface area contributed by atoms with Gasteiger partial charge in [-0.15, -0.1) is 0 Å². The summed E-state index contributed by atoms with van der Waals surface area (Å²) in [4.78, 5) is 11.7. The molecule has 0 aliphatic carbocycles. The number of aromatic hydroxyl groups is 1. The zero-order chi connectivity index (χ0) is 14.9. The summed E-state index contributed by atoms with van der Waals surface area (Å²) in [6, 6.07) is 2.07. The lowest BCUT2D eigenvalue weighted by Crippen LogP contribution is -2.15. The van der Waals surface area contributed by atoms with E-state index in [-0.39, 0.29) is 5.82 Å². The summed E-state index contributed by atoms with van der Waals surface area (Å²) < 4.78 is 41.8. The Bertz CT molecular complexity index is 653. The first-order valence-electron chi connectivity index (χ1n) is 5.08. The van der Waals surface area contributed by atoms with Gasteiger partial charge >= 0.3 is 6.18 Å². The third-order valence-electron chi connectivity index (χ3n) is 2.30. The highest BCUT2D eigenvalue weighted by Crippen LogP contribution is 2.34. The van der Waals surface area contributed by atoms with Crippen LogP contribution in [0.15, 0.2) is 22.8 Å². The Balaban J connectivity index is 2.30. The summed E-state index contributed by atoms with van der Waals surface area (Å²) in [7, 11) is 0. The number of halogens is 3. The van der Waals surface area contributed by atoms with Crippen LogP contribution in [-0.4, -0.2) is 21.3 Å². The zero-order valence-electron chi connectivity index (χ0n) is 9.60. The van der Waals surface area contributed by atoms with E-state index < -0.39 is 34.8 Å². The van der Waals surface area contributed by atoms with Crippen molar-refractivity contribution >= 4 is 17.4 Å². The Morgan fingerprint density at radius 2 is 2.05 bits per heavy atom. The molecular weight excluding hydrogens is 281 g/mol. The third-order valence-corrected chi connectivity index (χ3v) is 2.30. The Morgan fingerprint density at radius 1 is 1.35 bits per heavy atom. The number of rotatable bonds is 2. The van der Waals surface area contributed by atoms with Crippen molar-refractivity contribution in [3.8, 4) is 5.75 Å². The fraction of sp³-hybridized carbons (Fsp3) is 0.100. The molecule has 7 nitrogen and oxygen atoms in total. The monoisotopic (exact) mass is 288 g/mol. The lowest BCUT2D eigenvalue weighted by molar-refractivity contribution is -0.137. The second kappa shape index (κ2) is 4.72. The number of nitrogens with one attached hydrogen (secondary N) is 1. The average Bonchev–Trinajstić information content (AvgIpc) is 2.77. The van der Waals surface area contributed by atoms with Crippen molar-refractivity contribution in [1.82, 2.24) is 10.3 Å². The molecule has 0 saturated carbocycles. The number of anilines is 2. The van der Waals surface area contributed by atoms with Crippen molar-refractivity contribution in [3.63, 3.8) is 0 Å². The molecule has 0 aliphatic heterocycles. The molecule has 0 saturated heterocycles. The lowest BCUT2D eigenvalue weighted by atomic mass is 10.1. The third kappa shape index (κ3) is 2.63. The van der Waals surface area contributed by atoms with Crippen LogP contribution in [0.1, 0.15) is 16.1 Å². The van der Waals surface area contributed by atoms with Crippen molar-refractivity contribution in [2.75, 3.05) is 11.1 Å². The van der Waals surface area contributed by atoms with Gasteiger partial charge in [-0.05, 0) is 28.5 Å². The molecule has 20 heavy (non-hydrogen) atoms. The number of carbonyl (C=O) groups excluding carboxylic acids is 1. The van der Waals surface area contributed by atoms with Gasteiger partial charge in [0.25, 0.3) is 5.91 Å². The quantitative estimate of drug-likeness (QED) is 0.723. The van der Waals surface area contributed by atoms with E-state index in [2.05, 4.69) is 14.9 Å². The predicted molar refractivity (Wildman–Crippen MR) is 59.8 cm³/mol. The average molecular weight is 288 g/mol. The molecule has 1 amide bonds. The van der Waals surface area contributed by atoms with Gasteiger partial charge in [0.15, 0.2) is 0 Å². The normalized spacial score (nSPS) is 11.3. The Morgan fingerprint density at radius 3 is 2.60 bits per heavy atom. The van der Waals surface area contributed by atoms with Crippen molar-refractivity contribution in [3.05, 3.63) is 29.5 Å². The molecule has 0 spiro atoms. The molecule has 106 valence electrons. The largest absolute Gasteiger partial charge is 0.506 e. The van der Waals surface area contributed by atoms with Gasteiger partial charge in [-0.25, -0.2) is 4.63 Å². The van der Waals surface area contributed by atoms with Gasteiger partial charge in [-0.1, -0.05) is 0 Å². The Hall–Kier alpha value is -2.78. The summed E-state index contributed by atoms with van der Waals surface area (Å²) in [5, 5.41) is 17.8. The van der Waals surface area contributed by atoms with E-state index in [1.165, 1.54) is 0 Å². The van der Waals surface area contributed by atoms with Crippen molar-refractivity contribution in [2.45, 2.75) is 6.18 Å². The van der Waals surface area contributed by atoms with Gasteiger partial charge in [-0.3, -0.25) is 4.79 Å². The van der Waals surface area contributed by atoms with E-state index in [1.54, 1.807) is 0 Å². The summed E-state index contributed by atoms with van der Waals surface area (Å²) in [5.41, 5.74) is 3.39. The van der Waals surface area contributed by atoms with Gasteiger partial charge in [-0.2, -0.15) is 13.2 Å². The van der Waals surface area contributed by atoms with Crippen LogP contribution < -0.4 is 11.1 Å². The highest BCUT2D eigenvalue weighted by atomic mass is 19.4. The number of nitrogen functional groups attached to an aromatic ring is 1. The van der Waals surface area contributed by atoms with Crippen LogP contribution in [0.2, 0.25) is 0 Å². The molecule has 0 aliphatic rings. The number of nitrogens with zero attached hydrogens (tertiary/aromatic N) is 2. The molecule has 10 heteroatoms. The molecule has 1 aromatic heterocycles. The van der Waals surface area contributed by atoms with Crippen LogP contribution >= 0.6 is 0 Å². The fourth-order valence-electron chi connectivity index (χ4n) is 1.35. The standard InChI is InChI=1S/C10H7F3N4O3/c11-10(12,13)4-1-2-6(18)5(3-4)15-9(19)7-8(14)17-20-16-7/h1-3,18H,(H2,14,17)(H,15,19). The number of amides is 1. The van der Waals surface area contributed by atoms with Gasteiger partial charge in [0, 0.05) is 0 Å². The second-order valence-corrected chi connectivity index (χ2v) is 3.68. The summed E-state index contributed by atoms with van der Waals surface area (Å²) in [6.45, 7) is 0. The summed E-state index contributed by atoms with van der Waals surface area (Å²) in [5.74, 6) is -1.83. The van der Waals surface area contributed by atoms with E-state index >= 15 is 0 Å². The van der Waals surface area contributed by atoms with E-state index in [4.69, 9.17) is 5.73 Å². The van der Waals surface area contributed by atoms with Crippen LogP contribution in [-0.2, 0) is 6.18 Å². The van der Waals surface area contributed by atoms with Crippen LogP contribution in [0.25, 0.3) is 0 Å².